The van der Waals surface area contributed by atoms with E-state index in [1.54, 1.807) is 0 Å². The first-order valence-electron chi connectivity index (χ1n) is 2.88. The maximum atomic E-state index is 5.10. The Morgan fingerprint density at radius 3 is 2.75 bits per heavy atom. The van der Waals surface area contributed by atoms with E-state index in [-0.39, 0.29) is 0 Å². The lowest BCUT2D eigenvalue weighted by atomic mass is 10.2. The number of halogens is 1. The van der Waals surface area contributed by atoms with Gasteiger partial charge in [-0.15, -0.1) is 12.3 Å². The highest BCUT2D eigenvalue weighted by Crippen LogP contribution is 2.10. The van der Waals surface area contributed by atoms with E-state index in [0.717, 1.165) is 6.42 Å². The van der Waals surface area contributed by atoms with Crippen LogP contribution in [0.1, 0.15) is 26.2 Å². The second kappa shape index (κ2) is 5.43. The molecule has 0 bridgehead atoms. The summed E-state index contributed by atoms with van der Waals surface area (Å²) in [5.74, 6) is 2.64. The van der Waals surface area contributed by atoms with E-state index in [1.165, 1.54) is 12.8 Å². The van der Waals surface area contributed by atoms with Crippen molar-refractivity contribution in [2.75, 3.05) is 0 Å². The van der Waals surface area contributed by atoms with Gasteiger partial charge in [0.05, 0.1) is 0 Å². The van der Waals surface area contributed by atoms with E-state index in [4.69, 9.17) is 6.42 Å². The highest BCUT2D eigenvalue weighted by atomic mass is 127. The Morgan fingerprint density at radius 2 is 2.38 bits per heavy atom. The summed E-state index contributed by atoms with van der Waals surface area (Å²) in [7, 11) is 0. The molecule has 0 aliphatic rings. The standard InChI is InChI=1S/C7H11I/c1-3-5-7(8)6-4-2/h1,7H,4-6H2,2H3. The first-order chi connectivity index (χ1) is 3.81. The molecule has 0 heterocycles. The van der Waals surface area contributed by atoms with Gasteiger partial charge < -0.3 is 0 Å². The summed E-state index contributed by atoms with van der Waals surface area (Å²) in [6.45, 7) is 2.18. The summed E-state index contributed by atoms with van der Waals surface area (Å²) < 4.78 is 0.697. The summed E-state index contributed by atoms with van der Waals surface area (Å²) in [6, 6.07) is 0. The summed E-state index contributed by atoms with van der Waals surface area (Å²) in [5, 5.41) is 0. The predicted octanol–water partition coefficient (Wildman–Crippen LogP) is 2.61. The lowest BCUT2D eigenvalue weighted by molar-refractivity contribution is 0.775. The van der Waals surface area contributed by atoms with Crippen molar-refractivity contribution < 1.29 is 0 Å². The predicted molar refractivity (Wildman–Crippen MR) is 46.2 cm³/mol. The minimum atomic E-state index is 0.697. The topological polar surface area (TPSA) is 0 Å². The van der Waals surface area contributed by atoms with Crippen LogP contribution in [0.4, 0.5) is 0 Å². The van der Waals surface area contributed by atoms with Gasteiger partial charge in [0.2, 0.25) is 0 Å². The van der Waals surface area contributed by atoms with Crippen LogP contribution < -0.4 is 0 Å². The first kappa shape index (κ1) is 8.29. The van der Waals surface area contributed by atoms with Gasteiger partial charge in [0.15, 0.2) is 0 Å². The monoisotopic (exact) mass is 222 g/mol. The molecule has 0 saturated carbocycles. The molecular weight excluding hydrogens is 211 g/mol. The molecule has 0 aliphatic carbocycles. The summed E-state index contributed by atoms with van der Waals surface area (Å²) in [5.41, 5.74) is 0. The smallest absolute Gasteiger partial charge is 0.0219 e. The van der Waals surface area contributed by atoms with E-state index >= 15 is 0 Å². The van der Waals surface area contributed by atoms with E-state index in [1.807, 2.05) is 0 Å². The molecule has 0 rings (SSSR count). The SMILES string of the molecule is C#CCC(I)CCC. The molecule has 0 saturated heterocycles. The van der Waals surface area contributed by atoms with Crippen molar-refractivity contribution in [3.05, 3.63) is 0 Å². The van der Waals surface area contributed by atoms with Crippen LogP contribution in [0.2, 0.25) is 0 Å². The third-order valence-electron chi connectivity index (χ3n) is 0.941. The third-order valence-corrected chi connectivity index (χ3v) is 2.00. The minimum Gasteiger partial charge on any atom is -0.120 e. The lowest BCUT2D eigenvalue weighted by Crippen LogP contribution is -1.92. The molecule has 0 nitrogen and oxygen atoms in total. The number of terminal acetylenes is 1. The fourth-order valence-electron chi connectivity index (χ4n) is 0.543. The molecule has 1 atom stereocenters. The number of alkyl halides is 1. The molecule has 0 aromatic carbocycles. The van der Waals surface area contributed by atoms with Gasteiger partial charge >= 0.3 is 0 Å². The molecular formula is C7H11I. The van der Waals surface area contributed by atoms with Gasteiger partial charge in [0.1, 0.15) is 0 Å². The number of hydrogen-bond acceptors (Lipinski definition) is 0. The van der Waals surface area contributed by atoms with Crippen LogP contribution in [0.5, 0.6) is 0 Å². The zero-order valence-electron chi connectivity index (χ0n) is 5.15. The van der Waals surface area contributed by atoms with E-state index in [0.29, 0.717) is 3.92 Å². The Bertz CT molecular complexity index is 80.9. The lowest BCUT2D eigenvalue weighted by Gasteiger charge is -2.00. The Balaban J connectivity index is 3.08. The molecule has 0 aromatic heterocycles. The largest absolute Gasteiger partial charge is 0.120 e. The van der Waals surface area contributed by atoms with Crippen molar-refractivity contribution in [1.29, 1.82) is 0 Å². The molecule has 0 fully saturated rings. The number of hydrogen-bond donors (Lipinski definition) is 0. The van der Waals surface area contributed by atoms with Crippen LogP contribution >= 0.6 is 22.6 Å². The molecule has 8 heavy (non-hydrogen) atoms. The molecule has 46 valence electrons. The number of rotatable bonds is 3. The quantitative estimate of drug-likeness (QED) is 0.391. The molecule has 0 N–H and O–H groups in total. The van der Waals surface area contributed by atoms with Gasteiger partial charge in [-0.05, 0) is 6.42 Å². The normalized spacial score (nSPS) is 12.6. The van der Waals surface area contributed by atoms with E-state index in [9.17, 15) is 0 Å². The third kappa shape index (κ3) is 4.45. The maximum Gasteiger partial charge on any atom is 0.0219 e. The van der Waals surface area contributed by atoms with Gasteiger partial charge in [-0.25, -0.2) is 0 Å². The van der Waals surface area contributed by atoms with Gasteiger partial charge in [0.25, 0.3) is 0 Å². The Morgan fingerprint density at radius 1 is 1.75 bits per heavy atom. The Hall–Kier alpha value is 0.290. The van der Waals surface area contributed by atoms with Crippen molar-refractivity contribution in [2.24, 2.45) is 0 Å². The molecule has 0 aliphatic heterocycles. The van der Waals surface area contributed by atoms with Gasteiger partial charge in [-0.2, -0.15) is 0 Å². The minimum absolute atomic E-state index is 0.697. The van der Waals surface area contributed by atoms with Crippen molar-refractivity contribution in [2.45, 2.75) is 30.1 Å². The second-order valence-corrected chi connectivity index (χ2v) is 3.56. The van der Waals surface area contributed by atoms with Crippen molar-refractivity contribution in [3.63, 3.8) is 0 Å². The van der Waals surface area contributed by atoms with Gasteiger partial charge in [-0.1, -0.05) is 35.9 Å². The molecule has 0 aromatic rings. The van der Waals surface area contributed by atoms with Crippen molar-refractivity contribution in [1.82, 2.24) is 0 Å². The van der Waals surface area contributed by atoms with Gasteiger partial charge in [0, 0.05) is 10.3 Å². The fraction of sp³-hybridized carbons (Fsp3) is 0.714. The summed E-state index contributed by atoms with van der Waals surface area (Å²) in [6.07, 6.45) is 8.53. The van der Waals surface area contributed by atoms with Crippen LogP contribution in [0.15, 0.2) is 0 Å². The molecule has 0 radical (unpaired) electrons. The molecule has 0 amide bonds. The average molecular weight is 222 g/mol. The molecule has 0 spiro atoms. The second-order valence-electron chi connectivity index (χ2n) is 1.79. The Labute approximate surface area is 65.2 Å². The fourth-order valence-corrected chi connectivity index (χ4v) is 1.42. The maximum absolute atomic E-state index is 5.10. The first-order valence-corrected chi connectivity index (χ1v) is 4.13. The van der Waals surface area contributed by atoms with Gasteiger partial charge in [-0.3, -0.25) is 0 Å². The zero-order valence-corrected chi connectivity index (χ0v) is 7.31. The van der Waals surface area contributed by atoms with Crippen LogP contribution in [-0.4, -0.2) is 3.92 Å². The highest BCUT2D eigenvalue weighted by molar-refractivity contribution is 14.1. The zero-order chi connectivity index (χ0) is 6.41. The molecule has 1 unspecified atom stereocenters. The molecule has 1 heteroatoms. The van der Waals surface area contributed by atoms with Crippen LogP contribution in [0.3, 0.4) is 0 Å². The highest BCUT2D eigenvalue weighted by Gasteiger charge is 1.96. The van der Waals surface area contributed by atoms with E-state index in [2.05, 4.69) is 35.4 Å². The Kier molecular flexibility index (Phi) is 5.62. The van der Waals surface area contributed by atoms with Crippen LogP contribution in [-0.2, 0) is 0 Å². The summed E-state index contributed by atoms with van der Waals surface area (Å²) in [4.78, 5) is 0. The van der Waals surface area contributed by atoms with Crippen LogP contribution in [0.25, 0.3) is 0 Å². The average Bonchev–Trinajstić information content (AvgIpc) is 1.68. The van der Waals surface area contributed by atoms with E-state index < -0.39 is 0 Å². The van der Waals surface area contributed by atoms with Crippen molar-refractivity contribution >= 4 is 22.6 Å². The summed E-state index contributed by atoms with van der Waals surface area (Å²) >= 11 is 2.40. The van der Waals surface area contributed by atoms with Crippen molar-refractivity contribution in [3.8, 4) is 12.3 Å². The van der Waals surface area contributed by atoms with Crippen LogP contribution in [0, 0.1) is 12.3 Å².